The predicted molar refractivity (Wildman–Crippen MR) is 114 cm³/mol. The number of carbonyl (C=O) groups is 1. The topological polar surface area (TPSA) is 56.0 Å². The van der Waals surface area contributed by atoms with E-state index in [0.29, 0.717) is 11.6 Å². The summed E-state index contributed by atoms with van der Waals surface area (Å²) in [5.41, 5.74) is 3.66. The first kappa shape index (κ1) is 19.4. The second-order valence-corrected chi connectivity index (χ2v) is 7.08. The highest BCUT2D eigenvalue weighted by Gasteiger charge is 2.17. The highest BCUT2D eigenvalue weighted by Crippen LogP contribution is 2.16. The SMILES string of the molecule is Cc1c(NC(=O)C=Cc2ccc(C(C)C)cc2)c(=O)n(-c2ccccc2)n1C. The maximum absolute atomic E-state index is 12.8. The van der Waals surface area contributed by atoms with E-state index in [4.69, 9.17) is 0 Å². The number of carbonyl (C=O) groups excluding carboxylic acids is 1. The molecule has 0 unspecified atom stereocenters. The van der Waals surface area contributed by atoms with Crippen LogP contribution in [-0.2, 0) is 11.8 Å². The minimum atomic E-state index is -0.334. The zero-order chi connectivity index (χ0) is 20.3. The van der Waals surface area contributed by atoms with Gasteiger partial charge in [0.2, 0.25) is 5.91 Å². The lowest BCUT2D eigenvalue weighted by molar-refractivity contribution is -0.111. The number of rotatable bonds is 5. The zero-order valence-electron chi connectivity index (χ0n) is 16.6. The van der Waals surface area contributed by atoms with Gasteiger partial charge in [0.1, 0.15) is 5.69 Å². The Bertz CT molecular complexity index is 1060. The third-order valence-electron chi connectivity index (χ3n) is 4.83. The summed E-state index contributed by atoms with van der Waals surface area (Å²) in [4.78, 5) is 25.2. The Morgan fingerprint density at radius 1 is 1.04 bits per heavy atom. The predicted octanol–water partition coefficient (Wildman–Crippen LogP) is 4.26. The van der Waals surface area contributed by atoms with E-state index in [1.165, 1.54) is 11.6 Å². The van der Waals surface area contributed by atoms with Crippen LogP contribution in [0.15, 0.2) is 65.5 Å². The molecule has 0 bridgehead atoms. The summed E-state index contributed by atoms with van der Waals surface area (Å²) in [6, 6.07) is 17.4. The van der Waals surface area contributed by atoms with Crippen LogP contribution in [0.25, 0.3) is 11.8 Å². The Morgan fingerprint density at radius 2 is 1.68 bits per heavy atom. The molecule has 144 valence electrons. The lowest BCUT2D eigenvalue weighted by atomic mass is 10.0. The molecule has 0 fully saturated rings. The van der Waals surface area contributed by atoms with Crippen LogP contribution in [0, 0.1) is 6.92 Å². The summed E-state index contributed by atoms with van der Waals surface area (Å²) >= 11 is 0. The molecule has 0 aliphatic carbocycles. The minimum absolute atomic E-state index is 0.255. The average Bonchev–Trinajstić information content (AvgIpc) is 2.90. The third kappa shape index (κ3) is 3.98. The van der Waals surface area contributed by atoms with E-state index in [2.05, 4.69) is 31.3 Å². The average molecular weight is 375 g/mol. The van der Waals surface area contributed by atoms with Crippen molar-refractivity contribution in [2.75, 3.05) is 5.32 Å². The van der Waals surface area contributed by atoms with Crippen molar-refractivity contribution in [3.8, 4) is 5.69 Å². The van der Waals surface area contributed by atoms with Gasteiger partial charge in [0.15, 0.2) is 0 Å². The Kier molecular flexibility index (Phi) is 5.64. The van der Waals surface area contributed by atoms with Crippen molar-refractivity contribution in [1.29, 1.82) is 0 Å². The van der Waals surface area contributed by atoms with Crippen LogP contribution in [0.3, 0.4) is 0 Å². The van der Waals surface area contributed by atoms with Crippen molar-refractivity contribution in [2.45, 2.75) is 26.7 Å². The van der Waals surface area contributed by atoms with E-state index in [9.17, 15) is 9.59 Å². The molecule has 1 amide bonds. The molecule has 0 saturated carbocycles. The number of aromatic nitrogens is 2. The zero-order valence-corrected chi connectivity index (χ0v) is 16.6. The first-order valence-corrected chi connectivity index (χ1v) is 9.31. The van der Waals surface area contributed by atoms with Gasteiger partial charge in [-0.15, -0.1) is 0 Å². The maximum atomic E-state index is 12.8. The minimum Gasteiger partial charge on any atom is -0.316 e. The van der Waals surface area contributed by atoms with E-state index >= 15 is 0 Å². The van der Waals surface area contributed by atoms with Gasteiger partial charge < -0.3 is 5.32 Å². The molecule has 0 aliphatic rings. The van der Waals surface area contributed by atoms with Crippen LogP contribution >= 0.6 is 0 Å². The lowest BCUT2D eigenvalue weighted by Crippen LogP contribution is -2.22. The molecule has 5 heteroatoms. The highest BCUT2D eigenvalue weighted by molar-refractivity contribution is 6.02. The summed E-state index contributed by atoms with van der Waals surface area (Å²) in [5, 5.41) is 2.73. The second-order valence-electron chi connectivity index (χ2n) is 7.08. The van der Waals surface area contributed by atoms with E-state index in [-0.39, 0.29) is 17.2 Å². The molecule has 1 heterocycles. The van der Waals surface area contributed by atoms with Gasteiger partial charge in [-0.3, -0.25) is 14.3 Å². The van der Waals surface area contributed by atoms with Crippen LogP contribution in [0.5, 0.6) is 0 Å². The van der Waals surface area contributed by atoms with Gasteiger partial charge in [0.25, 0.3) is 5.56 Å². The summed E-state index contributed by atoms with van der Waals surface area (Å²) < 4.78 is 3.28. The number of nitrogens with one attached hydrogen (secondary N) is 1. The van der Waals surface area contributed by atoms with Crippen LogP contribution in [0.1, 0.15) is 36.6 Å². The van der Waals surface area contributed by atoms with Gasteiger partial charge in [0.05, 0.1) is 11.4 Å². The maximum Gasteiger partial charge on any atom is 0.295 e. The van der Waals surface area contributed by atoms with E-state index < -0.39 is 0 Å². The standard InChI is InChI=1S/C23H25N3O2/c1-16(2)19-13-10-18(11-14-19)12-15-21(27)24-22-17(3)25(4)26(23(22)28)20-8-6-5-7-9-20/h5-16H,1-4H3,(H,24,27). The fourth-order valence-electron chi connectivity index (χ4n) is 3.04. The molecule has 0 saturated heterocycles. The Labute approximate surface area is 164 Å². The Hall–Kier alpha value is -3.34. The number of benzene rings is 2. The lowest BCUT2D eigenvalue weighted by Gasteiger charge is -2.07. The Morgan fingerprint density at radius 3 is 2.29 bits per heavy atom. The van der Waals surface area contributed by atoms with Gasteiger partial charge in [-0.2, -0.15) is 0 Å². The Balaban J connectivity index is 1.80. The number of amides is 1. The number of hydrogen-bond acceptors (Lipinski definition) is 2. The first-order chi connectivity index (χ1) is 13.4. The molecule has 3 rings (SSSR count). The molecule has 1 aromatic heterocycles. The molecule has 5 nitrogen and oxygen atoms in total. The molecular formula is C23H25N3O2. The van der Waals surface area contributed by atoms with Crippen LogP contribution in [-0.4, -0.2) is 15.3 Å². The number of anilines is 1. The molecule has 0 spiro atoms. The van der Waals surface area contributed by atoms with Crippen molar-refractivity contribution < 1.29 is 4.79 Å². The molecule has 3 aromatic rings. The van der Waals surface area contributed by atoms with Crippen molar-refractivity contribution in [3.63, 3.8) is 0 Å². The molecular weight excluding hydrogens is 350 g/mol. The largest absolute Gasteiger partial charge is 0.316 e. The van der Waals surface area contributed by atoms with Gasteiger partial charge in [-0.05, 0) is 42.2 Å². The van der Waals surface area contributed by atoms with Crippen molar-refractivity contribution in [2.24, 2.45) is 7.05 Å². The second kappa shape index (κ2) is 8.13. The summed E-state index contributed by atoms with van der Waals surface area (Å²) in [6.07, 6.45) is 3.19. The molecule has 0 atom stereocenters. The molecule has 28 heavy (non-hydrogen) atoms. The number of hydrogen-bond donors (Lipinski definition) is 1. The van der Waals surface area contributed by atoms with Crippen LogP contribution in [0.4, 0.5) is 5.69 Å². The van der Waals surface area contributed by atoms with Gasteiger partial charge >= 0.3 is 0 Å². The van der Waals surface area contributed by atoms with Gasteiger partial charge in [-0.1, -0.05) is 56.3 Å². The third-order valence-corrected chi connectivity index (χ3v) is 4.83. The van der Waals surface area contributed by atoms with Gasteiger partial charge in [-0.25, -0.2) is 4.68 Å². The molecule has 2 aromatic carbocycles. The molecule has 0 aliphatic heterocycles. The van der Waals surface area contributed by atoms with Crippen molar-refractivity contribution >= 4 is 17.7 Å². The van der Waals surface area contributed by atoms with Crippen molar-refractivity contribution in [3.05, 3.63) is 87.8 Å². The summed E-state index contributed by atoms with van der Waals surface area (Å²) in [6.45, 7) is 6.09. The van der Waals surface area contributed by atoms with Crippen LogP contribution in [0.2, 0.25) is 0 Å². The van der Waals surface area contributed by atoms with E-state index in [1.807, 2.05) is 49.4 Å². The summed E-state index contributed by atoms with van der Waals surface area (Å²) in [7, 11) is 1.80. The summed E-state index contributed by atoms with van der Waals surface area (Å²) in [5.74, 6) is 0.133. The van der Waals surface area contributed by atoms with Gasteiger partial charge in [0, 0.05) is 13.1 Å². The van der Waals surface area contributed by atoms with Crippen LogP contribution < -0.4 is 10.9 Å². The number of para-hydroxylation sites is 1. The quantitative estimate of drug-likeness (QED) is 0.678. The van der Waals surface area contributed by atoms with E-state index in [1.54, 1.807) is 22.5 Å². The normalized spacial score (nSPS) is 11.3. The van der Waals surface area contributed by atoms with Crippen molar-refractivity contribution in [1.82, 2.24) is 9.36 Å². The fourth-order valence-corrected chi connectivity index (χ4v) is 3.04. The first-order valence-electron chi connectivity index (χ1n) is 9.31. The molecule has 1 N–H and O–H groups in total. The smallest absolute Gasteiger partial charge is 0.295 e. The number of nitrogens with zero attached hydrogens (tertiary/aromatic N) is 2. The monoisotopic (exact) mass is 375 g/mol. The highest BCUT2D eigenvalue weighted by atomic mass is 16.2. The molecule has 0 radical (unpaired) electrons. The fraction of sp³-hybridized carbons (Fsp3) is 0.217. The van der Waals surface area contributed by atoms with E-state index in [0.717, 1.165) is 11.3 Å².